The van der Waals surface area contributed by atoms with Crippen LogP contribution in [-0.4, -0.2) is 46.9 Å². The van der Waals surface area contributed by atoms with Gasteiger partial charge in [0.2, 0.25) is 0 Å². The molecule has 1 aromatic carbocycles. The molecule has 1 heterocycles. The number of rotatable bonds is 5. The predicted molar refractivity (Wildman–Crippen MR) is 97.0 cm³/mol. The molecule has 4 amide bonds. The lowest BCUT2D eigenvalue weighted by atomic mass is 9.98. The Morgan fingerprint density at radius 3 is 2.68 bits per heavy atom. The van der Waals surface area contributed by atoms with Gasteiger partial charge in [0.05, 0.1) is 10.7 Å². The van der Waals surface area contributed by atoms with Gasteiger partial charge in [-0.2, -0.15) is 0 Å². The molecule has 1 aliphatic carbocycles. The third kappa shape index (κ3) is 3.94. The highest BCUT2D eigenvalue weighted by Gasteiger charge is 2.52. The van der Waals surface area contributed by atoms with Crippen LogP contribution in [0.1, 0.15) is 32.6 Å². The number of imide groups is 1. The zero-order valence-electron chi connectivity index (χ0n) is 15.1. The van der Waals surface area contributed by atoms with Gasteiger partial charge in [0.25, 0.3) is 11.8 Å². The molecular weight excluding hydrogens is 393 g/mol. The molecule has 1 saturated carbocycles. The van der Waals surface area contributed by atoms with E-state index in [1.165, 1.54) is 13.0 Å². The number of anilines is 1. The van der Waals surface area contributed by atoms with Gasteiger partial charge < -0.3 is 15.4 Å². The SMILES string of the molecule is C[C@H](OC(=O)CN1C(=O)NC2(CCCC2)C1=O)C(=O)Nc1ccc(F)cc1Cl. The number of nitrogens with one attached hydrogen (secondary N) is 2. The Bertz CT molecular complexity index is 841. The molecule has 3 rings (SSSR count). The highest BCUT2D eigenvalue weighted by molar-refractivity contribution is 6.33. The van der Waals surface area contributed by atoms with Crippen LogP contribution in [0.5, 0.6) is 0 Å². The number of urea groups is 1. The predicted octanol–water partition coefficient (Wildman–Crippen LogP) is 2.21. The monoisotopic (exact) mass is 411 g/mol. The van der Waals surface area contributed by atoms with Crippen LogP contribution in [0, 0.1) is 5.82 Å². The van der Waals surface area contributed by atoms with E-state index in [-0.39, 0.29) is 10.7 Å². The lowest BCUT2D eigenvalue weighted by Crippen LogP contribution is -2.44. The van der Waals surface area contributed by atoms with Gasteiger partial charge >= 0.3 is 12.0 Å². The Balaban J connectivity index is 1.56. The van der Waals surface area contributed by atoms with Gasteiger partial charge in [-0.15, -0.1) is 0 Å². The van der Waals surface area contributed by atoms with E-state index in [0.717, 1.165) is 29.9 Å². The molecule has 0 radical (unpaired) electrons. The summed E-state index contributed by atoms with van der Waals surface area (Å²) in [5.41, 5.74) is -0.757. The summed E-state index contributed by atoms with van der Waals surface area (Å²) in [6.07, 6.45) is 1.52. The molecule has 1 aliphatic heterocycles. The van der Waals surface area contributed by atoms with Crippen molar-refractivity contribution in [3.05, 3.63) is 29.0 Å². The maximum absolute atomic E-state index is 13.1. The molecule has 1 saturated heterocycles. The number of benzene rings is 1. The fourth-order valence-electron chi connectivity index (χ4n) is 3.38. The van der Waals surface area contributed by atoms with Crippen LogP contribution in [0.3, 0.4) is 0 Å². The second kappa shape index (κ2) is 7.75. The summed E-state index contributed by atoms with van der Waals surface area (Å²) in [5.74, 6) is -2.59. The number of ether oxygens (including phenoxy) is 1. The van der Waals surface area contributed by atoms with E-state index in [2.05, 4.69) is 10.6 Å². The van der Waals surface area contributed by atoms with Gasteiger partial charge in [-0.25, -0.2) is 9.18 Å². The van der Waals surface area contributed by atoms with Crippen LogP contribution in [0.4, 0.5) is 14.9 Å². The van der Waals surface area contributed by atoms with Crippen LogP contribution >= 0.6 is 11.6 Å². The quantitative estimate of drug-likeness (QED) is 0.571. The molecule has 2 aliphatic rings. The molecule has 28 heavy (non-hydrogen) atoms. The molecular formula is C18H19ClFN3O5. The average molecular weight is 412 g/mol. The first kappa shape index (κ1) is 20.1. The summed E-state index contributed by atoms with van der Waals surface area (Å²) in [5, 5.41) is 5.07. The Morgan fingerprint density at radius 1 is 1.36 bits per heavy atom. The Hall–Kier alpha value is -2.68. The van der Waals surface area contributed by atoms with Crippen molar-refractivity contribution in [2.75, 3.05) is 11.9 Å². The number of hydrogen-bond acceptors (Lipinski definition) is 5. The summed E-state index contributed by atoms with van der Waals surface area (Å²) >= 11 is 5.84. The van der Waals surface area contributed by atoms with Crippen LogP contribution in [0.25, 0.3) is 0 Å². The number of halogens is 2. The Morgan fingerprint density at radius 2 is 2.04 bits per heavy atom. The smallest absolute Gasteiger partial charge is 0.327 e. The molecule has 8 nitrogen and oxygen atoms in total. The molecule has 1 aromatic rings. The standard InChI is InChI=1S/C18H19ClFN3O5/c1-10(15(25)21-13-5-4-11(20)8-12(13)19)28-14(24)9-23-16(26)18(22-17(23)27)6-2-3-7-18/h4-5,8,10H,2-3,6-7,9H2,1H3,(H,21,25)(H,22,27)/t10-/m0/s1. The third-order valence-corrected chi connectivity index (χ3v) is 5.17. The summed E-state index contributed by atoms with van der Waals surface area (Å²) in [6, 6.07) is 2.79. The molecule has 0 unspecified atom stereocenters. The largest absolute Gasteiger partial charge is 0.451 e. The van der Waals surface area contributed by atoms with Crippen molar-refractivity contribution in [1.29, 1.82) is 0 Å². The molecule has 0 bridgehead atoms. The first-order chi connectivity index (χ1) is 13.2. The summed E-state index contributed by atoms with van der Waals surface area (Å²) in [7, 11) is 0. The summed E-state index contributed by atoms with van der Waals surface area (Å²) in [4.78, 5) is 49.7. The molecule has 0 aromatic heterocycles. The van der Waals surface area contributed by atoms with Crippen LogP contribution in [0.2, 0.25) is 5.02 Å². The number of esters is 1. The van der Waals surface area contributed by atoms with Gasteiger partial charge in [0.1, 0.15) is 17.9 Å². The van der Waals surface area contributed by atoms with Crippen molar-refractivity contribution >= 4 is 41.1 Å². The fraction of sp³-hybridized carbons (Fsp3) is 0.444. The van der Waals surface area contributed by atoms with Crippen LogP contribution in [0.15, 0.2) is 18.2 Å². The number of amides is 4. The molecule has 2 N–H and O–H groups in total. The van der Waals surface area contributed by atoms with E-state index in [0.29, 0.717) is 12.8 Å². The molecule has 1 atom stereocenters. The minimum Gasteiger partial charge on any atom is -0.451 e. The van der Waals surface area contributed by atoms with Crippen LogP contribution in [-0.2, 0) is 19.1 Å². The minimum atomic E-state index is -1.21. The lowest BCUT2D eigenvalue weighted by Gasteiger charge is -2.20. The normalized spacial score (nSPS) is 18.9. The topological polar surface area (TPSA) is 105 Å². The fourth-order valence-corrected chi connectivity index (χ4v) is 3.59. The van der Waals surface area contributed by atoms with E-state index < -0.39 is 47.8 Å². The van der Waals surface area contributed by atoms with Gasteiger partial charge in [-0.1, -0.05) is 24.4 Å². The number of hydrogen-bond donors (Lipinski definition) is 2. The van der Waals surface area contributed by atoms with Crippen LogP contribution < -0.4 is 10.6 Å². The first-order valence-electron chi connectivity index (χ1n) is 8.81. The third-order valence-electron chi connectivity index (χ3n) is 4.86. The zero-order chi connectivity index (χ0) is 20.5. The Kier molecular flexibility index (Phi) is 5.55. The van der Waals surface area contributed by atoms with E-state index in [9.17, 15) is 23.6 Å². The van der Waals surface area contributed by atoms with Gasteiger partial charge in [-0.3, -0.25) is 19.3 Å². The second-order valence-electron chi connectivity index (χ2n) is 6.86. The highest BCUT2D eigenvalue weighted by Crippen LogP contribution is 2.35. The van der Waals surface area contributed by atoms with Gasteiger partial charge in [0, 0.05) is 0 Å². The Labute approximate surface area is 165 Å². The molecule has 1 spiro atoms. The number of carbonyl (C=O) groups is 4. The van der Waals surface area contributed by atoms with Crippen molar-refractivity contribution in [2.24, 2.45) is 0 Å². The maximum atomic E-state index is 13.1. The van der Waals surface area contributed by atoms with Crippen molar-refractivity contribution < 1.29 is 28.3 Å². The summed E-state index contributed by atoms with van der Waals surface area (Å²) in [6.45, 7) is 0.746. The summed E-state index contributed by atoms with van der Waals surface area (Å²) < 4.78 is 18.1. The first-order valence-corrected chi connectivity index (χ1v) is 9.19. The zero-order valence-corrected chi connectivity index (χ0v) is 15.8. The second-order valence-corrected chi connectivity index (χ2v) is 7.26. The molecule has 2 fully saturated rings. The molecule has 150 valence electrons. The maximum Gasteiger partial charge on any atom is 0.327 e. The van der Waals surface area contributed by atoms with Crippen molar-refractivity contribution in [2.45, 2.75) is 44.2 Å². The van der Waals surface area contributed by atoms with E-state index in [4.69, 9.17) is 16.3 Å². The van der Waals surface area contributed by atoms with E-state index in [1.807, 2.05) is 0 Å². The highest BCUT2D eigenvalue weighted by atomic mass is 35.5. The number of nitrogens with zero attached hydrogens (tertiary/aromatic N) is 1. The van der Waals surface area contributed by atoms with Crippen molar-refractivity contribution in [1.82, 2.24) is 10.2 Å². The van der Waals surface area contributed by atoms with Crippen molar-refractivity contribution in [3.63, 3.8) is 0 Å². The minimum absolute atomic E-state index is 0.00641. The number of carbonyl (C=O) groups excluding carboxylic acids is 4. The van der Waals surface area contributed by atoms with Gasteiger partial charge in [-0.05, 0) is 38.0 Å². The van der Waals surface area contributed by atoms with Gasteiger partial charge in [0.15, 0.2) is 6.10 Å². The van der Waals surface area contributed by atoms with E-state index >= 15 is 0 Å². The van der Waals surface area contributed by atoms with Crippen molar-refractivity contribution in [3.8, 4) is 0 Å². The lowest BCUT2D eigenvalue weighted by molar-refractivity contribution is -0.155. The molecule has 10 heteroatoms. The average Bonchev–Trinajstić information content (AvgIpc) is 3.18. The van der Waals surface area contributed by atoms with E-state index in [1.54, 1.807) is 0 Å².